The molecule has 0 aliphatic heterocycles. The lowest BCUT2D eigenvalue weighted by Gasteiger charge is -2.12. The second kappa shape index (κ2) is 15.1. The Morgan fingerprint density at radius 2 is 1.45 bits per heavy atom. The number of nitrogens with one attached hydrogen (secondary N) is 1. The normalized spacial score (nSPS) is 13.1. The molecule has 6 aromatic rings. The quantitative estimate of drug-likeness (QED) is 0.0537. The first-order valence-electron chi connectivity index (χ1n) is 15.9. The maximum Gasteiger partial charge on any atom is 0.295 e. The molecule has 4 N–H and O–H groups in total. The Morgan fingerprint density at radius 3 is 2.09 bits per heavy atom. The van der Waals surface area contributed by atoms with Gasteiger partial charge in [-0.3, -0.25) is 23.2 Å². The summed E-state index contributed by atoms with van der Waals surface area (Å²) >= 11 is 0. The number of azo groups is 1. The van der Waals surface area contributed by atoms with Crippen molar-refractivity contribution in [3.8, 4) is 11.4 Å². The lowest BCUT2D eigenvalue weighted by atomic mass is 10.1. The summed E-state index contributed by atoms with van der Waals surface area (Å²) in [6.45, 7) is 1.11. The molecule has 0 aliphatic rings. The van der Waals surface area contributed by atoms with Crippen LogP contribution in [0.5, 0.6) is 5.75 Å². The van der Waals surface area contributed by atoms with Gasteiger partial charge in [0.05, 0.1) is 29.1 Å². The Hall–Kier alpha value is -6.23. The number of benzene rings is 5. The third kappa shape index (κ3) is 8.52. The van der Waals surface area contributed by atoms with Crippen molar-refractivity contribution in [2.75, 3.05) is 12.4 Å². The highest BCUT2D eigenvalue weighted by molar-refractivity contribution is 7.86. The average Bonchev–Trinajstić information content (AvgIpc) is 3.58. The molecule has 0 aliphatic carbocycles. The van der Waals surface area contributed by atoms with E-state index in [1.54, 1.807) is 24.3 Å². The minimum Gasteiger partial charge on any atom is -0.495 e. The lowest BCUT2D eigenvalue weighted by molar-refractivity contribution is -0.126. The van der Waals surface area contributed by atoms with E-state index >= 15 is 0 Å². The fourth-order valence-corrected chi connectivity index (χ4v) is 7.41. The number of nitrogens with zero attached hydrogens (tertiary/aromatic N) is 5. The van der Waals surface area contributed by atoms with E-state index in [-0.39, 0.29) is 33.1 Å². The number of aromatic nitrogens is 3. The maximum absolute atomic E-state index is 12.9. The molecule has 0 bridgehead atoms. The number of ketones is 1. The van der Waals surface area contributed by atoms with E-state index < -0.39 is 57.9 Å². The number of carbonyl (C=O) groups is 2. The Labute approximate surface area is 318 Å². The van der Waals surface area contributed by atoms with Crippen molar-refractivity contribution in [2.45, 2.75) is 27.7 Å². The molecule has 1 heterocycles. The molecule has 1 aromatic heterocycles. The van der Waals surface area contributed by atoms with Crippen LogP contribution < -0.4 is 10.1 Å². The van der Waals surface area contributed by atoms with E-state index in [4.69, 9.17) is 4.74 Å². The standard InChI is InChI=1S/C35H28N6O12S3/c1-20(42)33(35(43)36-28-5-3-4-6-30(28)53-2)38-37-24-12-9-21(31(18-24)55(47,48)49)7-8-22-10-13-25(19-32(22)56(50,51)52)41-39-29-16-11-23-17-26(54(44,45)46)14-15-27(23)34(29)40-41/h3-19,33H,1-2H3,(H,36,43)(H,44,45,46)(H,47,48,49)(H,50,51,52). The average molecular weight is 821 g/mol. The number of hydrogen-bond acceptors (Lipinski definition) is 13. The first-order chi connectivity index (χ1) is 26.3. The highest BCUT2D eigenvalue weighted by Gasteiger charge is 2.25. The van der Waals surface area contributed by atoms with Crippen LogP contribution in [0.1, 0.15) is 18.1 Å². The Morgan fingerprint density at radius 1 is 0.786 bits per heavy atom. The summed E-state index contributed by atoms with van der Waals surface area (Å²) < 4.78 is 108. The number of anilines is 1. The zero-order valence-electron chi connectivity index (χ0n) is 28.9. The van der Waals surface area contributed by atoms with E-state index in [0.717, 1.165) is 29.9 Å². The van der Waals surface area contributed by atoms with Gasteiger partial charge in [-0.2, -0.15) is 40.3 Å². The molecule has 6 rings (SSSR count). The molecule has 1 unspecified atom stereocenters. The minimum atomic E-state index is -4.94. The predicted molar refractivity (Wildman–Crippen MR) is 202 cm³/mol. The van der Waals surface area contributed by atoms with Crippen molar-refractivity contribution >= 4 is 87.4 Å². The molecule has 288 valence electrons. The third-order valence-corrected chi connectivity index (χ3v) is 10.8. The third-order valence-electron chi connectivity index (χ3n) is 8.15. The van der Waals surface area contributed by atoms with Crippen LogP contribution in [-0.2, 0) is 39.9 Å². The predicted octanol–water partition coefficient (Wildman–Crippen LogP) is 5.17. The summed E-state index contributed by atoms with van der Waals surface area (Å²) in [5.74, 6) is -1.21. The Balaban J connectivity index is 1.30. The summed E-state index contributed by atoms with van der Waals surface area (Å²) in [4.78, 5) is 24.6. The highest BCUT2D eigenvalue weighted by atomic mass is 32.2. The van der Waals surface area contributed by atoms with Crippen LogP contribution in [0.3, 0.4) is 0 Å². The number of ether oxygens (including phenoxy) is 1. The van der Waals surface area contributed by atoms with Crippen molar-refractivity contribution < 1.29 is 53.2 Å². The fourth-order valence-electron chi connectivity index (χ4n) is 5.49. The van der Waals surface area contributed by atoms with Gasteiger partial charge in [-0.25, -0.2) is 0 Å². The van der Waals surface area contributed by atoms with Gasteiger partial charge in [0.1, 0.15) is 26.6 Å². The van der Waals surface area contributed by atoms with Gasteiger partial charge >= 0.3 is 0 Å². The van der Waals surface area contributed by atoms with E-state index in [9.17, 15) is 48.5 Å². The molecule has 21 heteroatoms. The summed E-state index contributed by atoms with van der Waals surface area (Å²) in [5, 5.41) is 19.8. The van der Waals surface area contributed by atoms with Crippen LogP contribution in [0.2, 0.25) is 0 Å². The van der Waals surface area contributed by atoms with Gasteiger partial charge in [0.2, 0.25) is 6.04 Å². The summed E-state index contributed by atoms with van der Waals surface area (Å²) in [7, 11) is -12.9. The number of fused-ring (bicyclic) bond motifs is 3. The van der Waals surface area contributed by atoms with Crippen molar-refractivity contribution in [1.82, 2.24) is 15.0 Å². The first kappa shape index (κ1) is 39.5. The number of rotatable bonds is 12. The highest BCUT2D eigenvalue weighted by Crippen LogP contribution is 2.30. The zero-order chi connectivity index (χ0) is 40.6. The van der Waals surface area contributed by atoms with Crippen LogP contribution >= 0.6 is 0 Å². The Bertz CT molecular complexity index is 2980. The molecule has 0 radical (unpaired) electrons. The molecule has 0 fully saturated rings. The maximum atomic E-state index is 12.9. The molecule has 1 atom stereocenters. The molecule has 0 saturated carbocycles. The molecular formula is C35H28N6O12S3. The van der Waals surface area contributed by atoms with Gasteiger partial charge in [0.15, 0.2) is 5.78 Å². The molecule has 1 amide bonds. The number of para-hydroxylation sites is 2. The topological polar surface area (TPSA) is 274 Å². The second-order valence-corrected chi connectivity index (χ2v) is 16.1. The number of amides is 1. The number of methoxy groups -OCH3 is 1. The summed E-state index contributed by atoms with van der Waals surface area (Å²) in [6.07, 6.45) is 2.32. The van der Waals surface area contributed by atoms with Crippen LogP contribution in [0, 0.1) is 0 Å². The van der Waals surface area contributed by atoms with E-state index in [0.29, 0.717) is 27.6 Å². The van der Waals surface area contributed by atoms with Crippen molar-refractivity contribution in [3.63, 3.8) is 0 Å². The van der Waals surface area contributed by atoms with Gasteiger partial charge in [-0.05, 0) is 78.0 Å². The molecular weight excluding hydrogens is 793 g/mol. The summed E-state index contributed by atoms with van der Waals surface area (Å²) in [5.41, 5.74) is 0.602. The van der Waals surface area contributed by atoms with Gasteiger partial charge in [-0.1, -0.05) is 48.6 Å². The van der Waals surface area contributed by atoms with Crippen LogP contribution in [0.15, 0.2) is 116 Å². The minimum absolute atomic E-state index is 0.0856. The first-order valence-corrected chi connectivity index (χ1v) is 20.2. The zero-order valence-corrected chi connectivity index (χ0v) is 31.3. The van der Waals surface area contributed by atoms with Gasteiger partial charge < -0.3 is 10.1 Å². The molecule has 56 heavy (non-hydrogen) atoms. The Kier molecular flexibility index (Phi) is 10.7. The second-order valence-electron chi connectivity index (χ2n) is 11.9. The smallest absolute Gasteiger partial charge is 0.295 e. The van der Waals surface area contributed by atoms with E-state index in [1.807, 2.05) is 0 Å². The lowest BCUT2D eigenvalue weighted by Crippen LogP contribution is -2.31. The van der Waals surface area contributed by atoms with Crippen LogP contribution in [-0.4, -0.2) is 78.7 Å². The molecule has 5 aromatic carbocycles. The van der Waals surface area contributed by atoms with E-state index in [2.05, 4.69) is 25.7 Å². The van der Waals surface area contributed by atoms with Crippen LogP contribution in [0.25, 0.3) is 39.6 Å². The number of Topliss-reactive ketones (excluding diaryl/α,β-unsaturated/α-hetero) is 1. The van der Waals surface area contributed by atoms with Gasteiger partial charge in [0.25, 0.3) is 36.3 Å². The van der Waals surface area contributed by atoms with Crippen molar-refractivity contribution in [3.05, 3.63) is 102 Å². The van der Waals surface area contributed by atoms with Crippen molar-refractivity contribution in [1.29, 1.82) is 0 Å². The molecule has 0 saturated heterocycles. The molecule has 18 nitrogen and oxygen atoms in total. The number of hydrogen-bond donors (Lipinski definition) is 4. The largest absolute Gasteiger partial charge is 0.495 e. The number of carbonyl (C=O) groups excluding carboxylic acids is 2. The monoisotopic (exact) mass is 820 g/mol. The summed E-state index contributed by atoms with van der Waals surface area (Å²) in [6, 6.07) is 18.9. The fraction of sp³-hybridized carbons (Fsp3) is 0.0857. The van der Waals surface area contributed by atoms with Crippen molar-refractivity contribution in [2.24, 2.45) is 10.2 Å². The van der Waals surface area contributed by atoms with E-state index in [1.165, 1.54) is 67.8 Å². The van der Waals surface area contributed by atoms with Crippen LogP contribution in [0.4, 0.5) is 11.4 Å². The SMILES string of the molecule is COc1ccccc1NC(=O)C(N=Nc1ccc(C=Cc2ccc(-n3nc4ccc5cc(S(=O)(=O)O)ccc5c4n3)cc2S(=O)(=O)O)c(S(=O)(=O)O)c1)C(C)=O. The van der Waals surface area contributed by atoms with Gasteiger partial charge in [0, 0.05) is 5.39 Å². The molecule has 0 spiro atoms. The van der Waals surface area contributed by atoms with Gasteiger partial charge in [-0.15, -0.1) is 10.2 Å².